The number of carbonyl (C=O) groups is 3. The van der Waals surface area contributed by atoms with Gasteiger partial charge in [0.05, 0.1) is 18.2 Å². The first-order chi connectivity index (χ1) is 16.0. The standard InChI is InChI=1S/C25H23FN2O4S/c1-32-25(31)17-10-8-16(9-11-17)22(29)28-24-21(19-4-2-3-5-20(19)33-24)23(30)27-14-15-6-12-18(26)13-7-15/h6-13H,2-5,14H2,1H3,(H,27,30)(H,28,29). The van der Waals surface area contributed by atoms with E-state index in [9.17, 15) is 18.8 Å². The minimum atomic E-state index is -0.479. The largest absolute Gasteiger partial charge is 0.465 e. The predicted molar refractivity (Wildman–Crippen MR) is 124 cm³/mol. The van der Waals surface area contributed by atoms with Crippen LogP contribution in [0.4, 0.5) is 9.39 Å². The van der Waals surface area contributed by atoms with E-state index in [-0.39, 0.29) is 24.2 Å². The van der Waals surface area contributed by atoms with Crippen molar-refractivity contribution < 1.29 is 23.5 Å². The molecule has 2 aromatic carbocycles. The zero-order chi connectivity index (χ0) is 23.4. The number of hydrogen-bond acceptors (Lipinski definition) is 5. The Bertz CT molecular complexity index is 1190. The van der Waals surface area contributed by atoms with Crippen LogP contribution in [-0.4, -0.2) is 24.9 Å². The van der Waals surface area contributed by atoms with Crippen molar-refractivity contribution >= 4 is 34.1 Å². The van der Waals surface area contributed by atoms with Crippen LogP contribution in [-0.2, 0) is 24.1 Å². The molecule has 1 heterocycles. The summed E-state index contributed by atoms with van der Waals surface area (Å²) in [7, 11) is 1.30. The minimum Gasteiger partial charge on any atom is -0.465 e. The lowest BCUT2D eigenvalue weighted by molar-refractivity contribution is 0.0600. The maximum Gasteiger partial charge on any atom is 0.337 e. The Labute approximate surface area is 194 Å². The van der Waals surface area contributed by atoms with Crippen molar-refractivity contribution in [2.45, 2.75) is 32.2 Å². The third-order valence-corrected chi connectivity index (χ3v) is 6.77. The number of ether oxygens (including phenoxy) is 1. The number of anilines is 1. The van der Waals surface area contributed by atoms with Gasteiger partial charge in [0, 0.05) is 17.0 Å². The van der Waals surface area contributed by atoms with Gasteiger partial charge in [-0.15, -0.1) is 11.3 Å². The number of halogens is 1. The van der Waals surface area contributed by atoms with Crippen molar-refractivity contribution in [3.63, 3.8) is 0 Å². The molecule has 1 aliphatic carbocycles. The van der Waals surface area contributed by atoms with Gasteiger partial charge in [0.15, 0.2) is 0 Å². The highest BCUT2D eigenvalue weighted by Crippen LogP contribution is 2.38. The van der Waals surface area contributed by atoms with Crippen molar-refractivity contribution in [1.82, 2.24) is 5.32 Å². The topological polar surface area (TPSA) is 84.5 Å². The molecule has 2 amide bonds. The summed E-state index contributed by atoms with van der Waals surface area (Å²) in [5.41, 5.74) is 2.98. The van der Waals surface area contributed by atoms with Crippen LogP contribution in [0.1, 0.15) is 59.9 Å². The van der Waals surface area contributed by atoms with Gasteiger partial charge in [-0.3, -0.25) is 9.59 Å². The number of carbonyl (C=O) groups excluding carboxylic acids is 3. The smallest absolute Gasteiger partial charge is 0.337 e. The van der Waals surface area contributed by atoms with Gasteiger partial charge in [0.1, 0.15) is 10.8 Å². The number of methoxy groups -OCH3 is 1. The number of fused-ring (bicyclic) bond motifs is 1. The molecular formula is C25H23FN2O4S. The summed E-state index contributed by atoms with van der Waals surface area (Å²) >= 11 is 1.43. The summed E-state index contributed by atoms with van der Waals surface area (Å²) in [4.78, 5) is 38.7. The van der Waals surface area contributed by atoms with Crippen LogP contribution in [0.5, 0.6) is 0 Å². The molecule has 1 aromatic heterocycles. The second-order valence-electron chi connectivity index (χ2n) is 7.75. The Kier molecular flexibility index (Phi) is 6.84. The van der Waals surface area contributed by atoms with Gasteiger partial charge in [-0.05, 0) is 73.2 Å². The molecule has 0 unspecified atom stereocenters. The van der Waals surface area contributed by atoms with Crippen LogP contribution >= 0.6 is 11.3 Å². The van der Waals surface area contributed by atoms with Crippen molar-refractivity contribution in [2.75, 3.05) is 12.4 Å². The quantitative estimate of drug-likeness (QED) is 0.514. The van der Waals surface area contributed by atoms with Gasteiger partial charge in [0.2, 0.25) is 0 Å². The number of benzene rings is 2. The maximum atomic E-state index is 13.1. The van der Waals surface area contributed by atoms with E-state index in [0.717, 1.165) is 41.7 Å². The van der Waals surface area contributed by atoms with Crippen LogP contribution in [0.2, 0.25) is 0 Å². The van der Waals surface area contributed by atoms with E-state index in [1.165, 1.54) is 42.7 Å². The van der Waals surface area contributed by atoms with E-state index in [4.69, 9.17) is 0 Å². The molecule has 0 saturated carbocycles. The fourth-order valence-corrected chi connectivity index (χ4v) is 5.10. The van der Waals surface area contributed by atoms with Gasteiger partial charge in [-0.25, -0.2) is 9.18 Å². The molecule has 170 valence electrons. The Morgan fingerprint density at radius 2 is 1.61 bits per heavy atom. The average Bonchev–Trinajstić information content (AvgIpc) is 3.21. The summed E-state index contributed by atoms with van der Waals surface area (Å²) < 4.78 is 17.8. The molecule has 0 fully saturated rings. The zero-order valence-corrected chi connectivity index (χ0v) is 18.9. The van der Waals surface area contributed by atoms with E-state index in [1.54, 1.807) is 24.3 Å². The summed E-state index contributed by atoms with van der Waals surface area (Å²) in [5, 5.41) is 6.29. The van der Waals surface area contributed by atoms with Crippen molar-refractivity contribution in [3.8, 4) is 0 Å². The highest BCUT2D eigenvalue weighted by Gasteiger charge is 2.26. The molecule has 3 aromatic rings. The molecule has 0 bridgehead atoms. The zero-order valence-electron chi connectivity index (χ0n) is 18.1. The molecule has 0 radical (unpaired) electrons. The minimum absolute atomic E-state index is 0.256. The summed E-state index contributed by atoms with van der Waals surface area (Å²) in [6.07, 6.45) is 3.70. The van der Waals surface area contributed by atoms with E-state index in [2.05, 4.69) is 15.4 Å². The molecule has 1 aliphatic rings. The van der Waals surface area contributed by atoms with Gasteiger partial charge in [-0.2, -0.15) is 0 Å². The van der Waals surface area contributed by atoms with E-state index >= 15 is 0 Å². The molecule has 4 rings (SSSR count). The highest BCUT2D eigenvalue weighted by atomic mass is 32.1. The third kappa shape index (κ3) is 5.12. The number of rotatable bonds is 6. The molecule has 0 atom stereocenters. The van der Waals surface area contributed by atoms with Gasteiger partial charge in [-0.1, -0.05) is 12.1 Å². The molecule has 0 saturated heterocycles. The van der Waals surface area contributed by atoms with Crippen molar-refractivity contribution in [2.24, 2.45) is 0 Å². The summed E-state index contributed by atoms with van der Waals surface area (Å²) in [6, 6.07) is 12.1. The van der Waals surface area contributed by atoms with Crippen LogP contribution < -0.4 is 10.6 Å². The van der Waals surface area contributed by atoms with E-state index in [1.807, 2.05) is 0 Å². The molecule has 33 heavy (non-hydrogen) atoms. The normalized spacial score (nSPS) is 12.5. The monoisotopic (exact) mass is 466 g/mol. The third-order valence-electron chi connectivity index (χ3n) is 5.56. The number of thiophene rings is 1. The van der Waals surface area contributed by atoms with Crippen LogP contribution in [0.3, 0.4) is 0 Å². The van der Waals surface area contributed by atoms with E-state index in [0.29, 0.717) is 21.7 Å². The van der Waals surface area contributed by atoms with Crippen LogP contribution in [0, 0.1) is 5.82 Å². The number of esters is 1. The number of amides is 2. The van der Waals surface area contributed by atoms with Gasteiger partial charge in [0.25, 0.3) is 11.8 Å². The van der Waals surface area contributed by atoms with Gasteiger partial charge < -0.3 is 15.4 Å². The Morgan fingerprint density at radius 1 is 0.939 bits per heavy atom. The molecule has 2 N–H and O–H groups in total. The molecule has 8 heteroatoms. The summed E-state index contributed by atoms with van der Waals surface area (Å²) in [5.74, 6) is -1.44. The number of hydrogen-bond donors (Lipinski definition) is 2. The summed E-state index contributed by atoms with van der Waals surface area (Å²) in [6.45, 7) is 0.256. The lowest BCUT2D eigenvalue weighted by atomic mass is 9.95. The number of aryl methyl sites for hydroxylation is 1. The molecule has 0 spiro atoms. The first-order valence-corrected chi connectivity index (χ1v) is 11.4. The highest BCUT2D eigenvalue weighted by molar-refractivity contribution is 7.17. The van der Waals surface area contributed by atoms with Crippen LogP contribution in [0.25, 0.3) is 0 Å². The maximum absolute atomic E-state index is 13.1. The average molecular weight is 467 g/mol. The Balaban J connectivity index is 1.54. The Morgan fingerprint density at radius 3 is 2.30 bits per heavy atom. The fourth-order valence-electron chi connectivity index (χ4n) is 3.82. The van der Waals surface area contributed by atoms with Crippen molar-refractivity contribution in [3.05, 3.63) is 87.0 Å². The lowest BCUT2D eigenvalue weighted by Gasteiger charge is -2.13. The molecule has 0 aliphatic heterocycles. The fraction of sp³-hybridized carbons (Fsp3) is 0.240. The second-order valence-corrected chi connectivity index (χ2v) is 8.85. The first-order valence-electron chi connectivity index (χ1n) is 10.6. The molecular weight excluding hydrogens is 443 g/mol. The van der Waals surface area contributed by atoms with Gasteiger partial charge >= 0.3 is 5.97 Å². The van der Waals surface area contributed by atoms with Crippen molar-refractivity contribution in [1.29, 1.82) is 0 Å². The second kappa shape index (κ2) is 9.95. The van der Waals surface area contributed by atoms with E-state index < -0.39 is 5.97 Å². The first kappa shape index (κ1) is 22.7. The predicted octanol–water partition coefficient (Wildman–Crippen LogP) is 4.73. The molecule has 6 nitrogen and oxygen atoms in total. The lowest BCUT2D eigenvalue weighted by Crippen LogP contribution is -2.25. The van der Waals surface area contributed by atoms with Crippen LogP contribution in [0.15, 0.2) is 48.5 Å². The Hall–Kier alpha value is -3.52. The SMILES string of the molecule is COC(=O)c1ccc(C(=O)Nc2sc3c(c2C(=O)NCc2ccc(F)cc2)CCCC3)cc1. The number of nitrogens with one attached hydrogen (secondary N) is 2.